The van der Waals surface area contributed by atoms with Crippen LogP contribution in [0, 0.1) is 12.8 Å². The Hall–Kier alpha value is 0.140. The van der Waals surface area contributed by atoms with Gasteiger partial charge in [-0.05, 0) is 46.8 Å². The molecule has 0 bridgehead atoms. The Morgan fingerprint density at radius 2 is 2.36 bits per heavy atom. The van der Waals surface area contributed by atoms with E-state index < -0.39 is 0 Å². The molecule has 1 aromatic heterocycles. The molecule has 0 saturated heterocycles. The lowest BCUT2D eigenvalue weighted by molar-refractivity contribution is 0.118. The van der Waals surface area contributed by atoms with Crippen molar-refractivity contribution in [3.05, 3.63) is 20.3 Å². The van der Waals surface area contributed by atoms with Crippen LogP contribution in [-0.4, -0.2) is 5.11 Å². The van der Waals surface area contributed by atoms with Gasteiger partial charge in [0.1, 0.15) is 0 Å². The first-order chi connectivity index (χ1) is 6.66. The first kappa shape index (κ1) is 10.7. The number of aliphatic hydroxyl groups is 1. The lowest BCUT2D eigenvalue weighted by atomic mass is 9.80. The molecule has 14 heavy (non-hydrogen) atoms. The molecule has 1 atom stereocenters. The summed E-state index contributed by atoms with van der Waals surface area (Å²) >= 11 is 5.16. The molecule has 1 aliphatic carbocycles. The summed E-state index contributed by atoms with van der Waals surface area (Å²) < 4.78 is 1.12. The van der Waals surface area contributed by atoms with E-state index in [4.69, 9.17) is 0 Å². The Kier molecular flexibility index (Phi) is 3.30. The van der Waals surface area contributed by atoms with Crippen LogP contribution < -0.4 is 0 Å². The molecule has 1 nitrogen and oxygen atoms in total. The van der Waals surface area contributed by atoms with Gasteiger partial charge in [0.05, 0.1) is 9.89 Å². The van der Waals surface area contributed by atoms with Gasteiger partial charge in [-0.3, -0.25) is 0 Å². The molecule has 0 spiro atoms. The second-order valence-corrected chi connectivity index (χ2v) is 6.75. The van der Waals surface area contributed by atoms with Gasteiger partial charge in [-0.25, -0.2) is 0 Å². The van der Waals surface area contributed by atoms with Gasteiger partial charge in [0.2, 0.25) is 0 Å². The van der Waals surface area contributed by atoms with Crippen molar-refractivity contribution < 1.29 is 5.11 Å². The Morgan fingerprint density at radius 1 is 1.64 bits per heavy atom. The summed E-state index contributed by atoms with van der Waals surface area (Å²) in [4.78, 5) is 1.24. The lowest BCUT2D eigenvalue weighted by Gasteiger charge is -2.27. The largest absolute Gasteiger partial charge is 0.388 e. The predicted molar refractivity (Wildman–Crippen MR) is 63.7 cm³/mol. The van der Waals surface area contributed by atoms with Crippen molar-refractivity contribution in [3.63, 3.8) is 0 Å². The lowest BCUT2D eigenvalue weighted by Crippen LogP contribution is -2.14. The second-order valence-electron chi connectivity index (χ2n) is 4.11. The molecule has 0 aromatic carbocycles. The fraction of sp³-hybridized carbons (Fsp3) is 0.636. The van der Waals surface area contributed by atoms with E-state index in [1.165, 1.54) is 24.1 Å². The molecule has 1 unspecified atom stereocenters. The number of hydrogen-bond donors (Lipinski definition) is 1. The highest BCUT2D eigenvalue weighted by atomic mass is 79.9. The monoisotopic (exact) mass is 274 g/mol. The highest BCUT2D eigenvalue weighted by Gasteiger charge is 2.23. The minimum atomic E-state index is -0.247. The zero-order chi connectivity index (χ0) is 10.1. The normalized spacial score (nSPS) is 19.4. The van der Waals surface area contributed by atoms with Crippen molar-refractivity contribution >= 4 is 27.3 Å². The van der Waals surface area contributed by atoms with Crippen LogP contribution in [0.3, 0.4) is 0 Å². The SMILES string of the molecule is Cc1sc(Br)cc1C(O)CC1CCC1. The summed E-state index contributed by atoms with van der Waals surface area (Å²) in [6.07, 6.45) is 4.67. The van der Waals surface area contributed by atoms with Crippen molar-refractivity contribution in [1.29, 1.82) is 0 Å². The van der Waals surface area contributed by atoms with Crippen molar-refractivity contribution in [2.24, 2.45) is 5.92 Å². The molecule has 0 amide bonds. The minimum Gasteiger partial charge on any atom is -0.388 e. The molecule has 2 rings (SSSR count). The maximum absolute atomic E-state index is 10.0. The fourth-order valence-electron chi connectivity index (χ4n) is 1.96. The first-order valence-electron chi connectivity index (χ1n) is 5.10. The third-order valence-electron chi connectivity index (χ3n) is 3.07. The van der Waals surface area contributed by atoms with E-state index in [-0.39, 0.29) is 6.10 Å². The Morgan fingerprint density at radius 3 is 2.79 bits per heavy atom. The molecule has 1 saturated carbocycles. The number of thiophene rings is 1. The molecule has 78 valence electrons. The van der Waals surface area contributed by atoms with Crippen LogP contribution in [-0.2, 0) is 0 Å². The molecule has 1 aromatic rings. The fourth-order valence-corrected chi connectivity index (χ4v) is 3.73. The quantitative estimate of drug-likeness (QED) is 0.882. The van der Waals surface area contributed by atoms with E-state index in [1.54, 1.807) is 11.3 Å². The molecule has 1 aliphatic rings. The highest BCUT2D eigenvalue weighted by molar-refractivity contribution is 9.11. The molecule has 1 fully saturated rings. The number of aryl methyl sites for hydroxylation is 1. The third-order valence-corrected chi connectivity index (χ3v) is 4.64. The van der Waals surface area contributed by atoms with Crippen LogP contribution in [0.15, 0.2) is 9.85 Å². The Balaban J connectivity index is 2.02. The maximum Gasteiger partial charge on any atom is 0.0803 e. The summed E-state index contributed by atoms with van der Waals surface area (Å²) in [5, 5.41) is 10.0. The van der Waals surface area contributed by atoms with Crippen LogP contribution >= 0.6 is 27.3 Å². The summed E-state index contributed by atoms with van der Waals surface area (Å²) in [6.45, 7) is 2.08. The van der Waals surface area contributed by atoms with Crippen LogP contribution in [0.2, 0.25) is 0 Å². The van der Waals surface area contributed by atoms with Gasteiger partial charge in [-0.15, -0.1) is 11.3 Å². The molecule has 0 radical (unpaired) electrons. The Labute approximate surface area is 97.3 Å². The highest BCUT2D eigenvalue weighted by Crippen LogP contribution is 2.38. The second kappa shape index (κ2) is 4.33. The van der Waals surface area contributed by atoms with Crippen LogP contribution in [0.5, 0.6) is 0 Å². The van der Waals surface area contributed by atoms with Gasteiger partial charge in [0.15, 0.2) is 0 Å². The van der Waals surface area contributed by atoms with Crippen LogP contribution in [0.1, 0.15) is 42.2 Å². The van der Waals surface area contributed by atoms with E-state index >= 15 is 0 Å². The summed E-state index contributed by atoms with van der Waals surface area (Å²) in [5.74, 6) is 0.767. The molecular weight excluding hydrogens is 260 g/mol. The average molecular weight is 275 g/mol. The summed E-state index contributed by atoms with van der Waals surface area (Å²) in [5.41, 5.74) is 1.12. The van der Waals surface area contributed by atoms with Crippen molar-refractivity contribution in [2.75, 3.05) is 0 Å². The van der Waals surface area contributed by atoms with E-state index in [2.05, 4.69) is 28.9 Å². The smallest absolute Gasteiger partial charge is 0.0803 e. The van der Waals surface area contributed by atoms with Crippen LogP contribution in [0.4, 0.5) is 0 Å². The van der Waals surface area contributed by atoms with Crippen molar-refractivity contribution in [3.8, 4) is 0 Å². The van der Waals surface area contributed by atoms with Gasteiger partial charge in [0.25, 0.3) is 0 Å². The van der Waals surface area contributed by atoms with Crippen molar-refractivity contribution in [2.45, 2.75) is 38.7 Å². The number of hydrogen-bond acceptors (Lipinski definition) is 2. The third kappa shape index (κ3) is 2.20. The van der Waals surface area contributed by atoms with E-state index in [9.17, 15) is 5.11 Å². The molecule has 0 aliphatic heterocycles. The molecule has 3 heteroatoms. The average Bonchev–Trinajstić information content (AvgIpc) is 2.37. The summed E-state index contributed by atoms with van der Waals surface area (Å²) in [7, 11) is 0. The zero-order valence-electron chi connectivity index (χ0n) is 8.29. The van der Waals surface area contributed by atoms with Gasteiger partial charge >= 0.3 is 0 Å². The summed E-state index contributed by atoms with van der Waals surface area (Å²) in [6, 6.07) is 2.06. The molecule has 1 heterocycles. The number of halogens is 1. The van der Waals surface area contributed by atoms with Gasteiger partial charge in [-0.1, -0.05) is 19.3 Å². The predicted octanol–water partition coefficient (Wildman–Crippen LogP) is 4.04. The van der Waals surface area contributed by atoms with E-state index in [0.717, 1.165) is 21.7 Å². The Bertz CT molecular complexity index is 317. The first-order valence-corrected chi connectivity index (χ1v) is 6.71. The van der Waals surface area contributed by atoms with E-state index in [1.807, 2.05) is 0 Å². The van der Waals surface area contributed by atoms with E-state index in [0.29, 0.717) is 0 Å². The maximum atomic E-state index is 10.0. The standard InChI is InChI=1S/C11H15BrOS/c1-7-9(6-11(12)14-7)10(13)5-8-3-2-4-8/h6,8,10,13H,2-5H2,1H3. The van der Waals surface area contributed by atoms with Gasteiger partial charge < -0.3 is 5.11 Å². The topological polar surface area (TPSA) is 20.2 Å². The zero-order valence-corrected chi connectivity index (χ0v) is 10.7. The van der Waals surface area contributed by atoms with Gasteiger partial charge in [-0.2, -0.15) is 0 Å². The molecular formula is C11H15BrOS. The van der Waals surface area contributed by atoms with Crippen LogP contribution in [0.25, 0.3) is 0 Å². The minimum absolute atomic E-state index is 0.247. The van der Waals surface area contributed by atoms with Crippen molar-refractivity contribution in [1.82, 2.24) is 0 Å². The van der Waals surface area contributed by atoms with Gasteiger partial charge in [0, 0.05) is 4.88 Å². The molecule has 1 N–H and O–H groups in total. The number of rotatable bonds is 3. The number of aliphatic hydroxyl groups excluding tert-OH is 1.